The molecule has 2 aliphatic rings. The Labute approximate surface area is 66.6 Å². The molecule has 2 saturated heterocycles. The SMILES string of the molecule is CO[C@@H]1COC2C(C)COC21. The van der Waals surface area contributed by atoms with Gasteiger partial charge in [-0.25, -0.2) is 0 Å². The fourth-order valence-corrected chi connectivity index (χ4v) is 1.86. The topological polar surface area (TPSA) is 27.7 Å². The second kappa shape index (κ2) is 2.73. The first kappa shape index (κ1) is 7.53. The highest BCUT2D eigenvalue weighted by atomic mass is 16.6. The predicted molar refractivity (Wildman–Crippen MR) is 39.4 cm³/mol. The maximum Gasteiger partial charge on any atom is 0.112 e. The van der Waals surface area contributed by atoms with Crippen LogP contribution in [0.25, 0.3) is 0 Å². The molecule has 11 heavy (non-hydrogen) atoms. The lowest BCUT2D eigenvalue weighted by molar-refractivity contribution is -0.00878. The Morgan fingerprint density at radius 1 is 1.18 bits per heavy atom. The summed E-state index contributed by atoms with van der Waals surface area (Å²) in [6, 6.07) is 0. The Hall–Kier alpha value is -0.120. The van der Waals surface area contributed by atoms with Crippen molar-refractivity contribution in [2.75, 3.05) is 20.3 Å². The van der Waals surface area contributed by atoms with Crippen LogP contribution in [-0.4, -0.2) is 38.6 Å². The van der Waals surface area contributed by atoms with Gasteiger partial charge in [0.15, 0.2) is 0 Å². The number of fused-ring (bicyclic) bond motifs is 1. The molecule has 0 aromatic rings. The molecular weight excluding hydrogens is 144 g/mol. The van der Waals surface area contributed by atoms with E-state index in [1.807, 2.05) is 0 Å². The van der Waals surface area contributed by atoms with E-state index in [0.717, 1.165) is 6.61 Å². The van der Waals surface area contributed by atoms with Gasteiger partial charge in [-0.2, -0.15) is 0 Å². The van der Waals surface area contributed by atoms with Gasteiger partial charge in [-0.1, -0.05) is 6.92 Å². The highest BCUT2D eigenvalue weighted by molar-refractivity contribution is 4.92. The van der Waals surface area contributed by atoms with Crippen LogP contribution in [0.1, 0.15) is 6.92 Å². The standard InChI is InChI=1S/C8H14O3/c1-5-3-10-8-6(9-2)4-11-7(5)8/h5-8H,3-4H2,1-2H3/t5?,6-,7?,8?/m1/s1. The quantitative estimate of drug-likeness (QED) is 0.554. The van der Waals surface area contributed by atoms with Crippen LogP contribution in [0.2, 0.25) is 0 Å². The van der Waals surface area contributed by atoms with Gasteiger partial charge < -0.3 is 14.2 Å². The summed E-state index contributed by atoms with van der Waals surface area (Å²) in [5.41, 5.74) is 0. The zero-order valence-corrected chi connectivity index (χ0v) is 6.95. The molecule has 64 valence electrons. The summed E-state index contributed by atoms with van der Waals surface area (Å²) < 4.78 is 16.3. The third kappa shape index (κ3) is 1.08. The molecule has 4 atom stereocenters. The van der Waals surface area contributed by atoms with E-state index >= 15 is 0 Å². The van der Waals surface area contributed by atoms with Crippen molar-refractivity contribution in [2.45, 2.75) is 25.2 Å². The summed E-state index contributed by atoms with van der Waals surface area (Å²) in [6.07, 6.45) is 0.625. The van der Waals surface area contributed by atoms with Gasteiger partial charge in [0.05, 0.1) is 19.3 Å². The molecule has 0 N–H and O–H groups in total. The summed E-state index contributed by atoms with van der Waals surface area (Å²) in [5, 5.41) is 0. The molecule has 3 nitrogen and oxygen atoms in total. The molecule has 0 amide bonds. The second-order valence-electron chi connectivity index (χ2n) is 3.35. The van der Waals surface area contributed by atoms with E-state index in [4.69, 9.17) is 14.2 Å². The van der Waals surface area contributed by atoms with E-state index in [1.165, 1.54) is 0 Å². The Morgan fingerprint density at radius 3 is 2.64 bits per heavy atom. The number of ether oxygens (including phenoxy) is 3. The van der Waals surface area contributed by atoms with Crippen molar-refractivity contribution in [3.05, 3.63) is 0 Å². The smallest absolute Gasteiger partial charge is 0.112 e. The monoisotopic (exact) mass is 158 g/mol. The van der Waals surface area contributed by atoms with Crippen LogP contribution in [0, 0.1) is 5.92 Å². The average Bonchev–Trinajstić information content (AvgIpc) is 2.53. The van der Waals surface area contributed by atoms with Crippen LogP contribution in [-0.2, 0) is 14.2 Å². The zero-order valence-electron chi connectivity index (χ0n) is 6.95. The van der Waals surface area contributed by atoms with Crippen molar-refractivity contribution in [2.24, 2.45) is 5.92 Å². The van der Waals surface area contributed by atoms with E-state index < -0.39 is 0 Å². The minimum absolute atomic E-state index is 0.157. The molecule has 3 heteroatoms. The number of hydrogen-bond acceptors (Lipinski definition) is 3. The summed E-state index contributed by atoms with van der Waals surface area (Å²) in [4.78, 5) is 0. The molecule has 0 aromatic heterocycles. The zero-order chi connectivity index (χ0) is 7.84. The van der Waals surface area contributed by atoms with Crippen molar-refractivity contribution < 1.29 is 14.2 Å². The van der Waals surface area contributed by atoms with Gasteiger partial charge in [-0.3, -0.25) is 0 Å². The normalized spacial score (nSPS) is 49.6. The molecule has 2 heterocycles. The van der Waals surface area contributed by atoms with Crippen molar-refractivity contribution in [1.82, 2.24) is 0 Å². The Balaban J connectivity index is 2.04. The number of hydrogen-bond donors (Lipinski definition) is 0. The maximum atomic E-state index is 5.54. The third-order valence-electron chi connectivity index (χ3n) is 2.56. The molecule has 0 aromatic carbocycles. The lowest BCUT2D eigenvalue weighted by Crippen LogP contribution is -2.29. The first-order valence-corrected chi connectivity index (χ1v) is 4.09. The van der Waals surface area contributed by atoms with Crippen LogP contribution in [0.3, 0.4) is 0 Å². The van der Waals surface area contributed by atoms with Gasteiger partial charge in [0.2, 0.25) is 0 Å². The molecule has 2 rings (SSSR count). The van der Waals surface area contributed by atoms with Crippen molar-refractivity contribution in [1.29, 1.82) is 0 Å². The summed E-state index contributed by atoms with van der Waals surface area (Å²) in [5.74, 6) is 0.528. The van der Waals surface area contributed by atoms with Crippen LogP contribution in [0.15, 0.2) is 0 Å². The Morgan fingerprint density at radius 2 is 1.91 bits per heavy atom. The van der Waals surface area contributed by atoms with Crippen LogP contribution in [0.4, 0.5) is 0 Å². The van der Waals surface area contributed by atoms with Crippen molar-refractivity contribution in [3.8, 4) is 0 Å². The van der Waals surface area contributed by atoms with Crippen LogP contribution < -0.4 is 0 Å². The van der Waals surface area contributed by atoms with E-state index in [2.05, 4.69) is 6.92 Å². The van der Waals surface area contributed by atoms with Gasteiger partial charge in [0.25, 0.3) is 0 Å². The van der Waals surface area contributed by atoms with Crippen molar-refractivity contribution in [3.63, 3.8) is 0 Å². The largest absolute Gasteiger partial charge is 0.376 e. The Kier molecular flexibility index (Phi) is 1.87. The molecule has 0 saturated carbocycles. The molecule has 0 radical (unpaired) electrons. The molecular formula is C8H14O3. The van der Waals surface area contributed by atoms with Crippen LogP contribution in [0.5, 0.6) is 0 Å². The molecule has 2 fully saturated rings. The maximum absolute atomic E-state index is 5.54. The van der Waals surface area contributed by atoms with Crippen LogP contribution >= 0.6 is 0 Å². The minimum Gasteiger partial charge on any atom is -0.376 e. The van der Waals surface area contributed by atoms with Gasteiger partial charge in [-0.15, -0.1) is 0 Å². The van der Waals surface area contributed by atoms with E-state index in [0.29, 0.717) is 12.5 Å². The van der Waals surface area contributed by atoms with Gasteiger partial charge >= 0.3 is 0 Å². The molecule has 2 aliphatic heterocycles. The Bertz CT molecular complexity index is 148. The van der Waals surface area contributed by atoms with Gasteiger partial charge in [0, 0.05) is 13.0 Å². The third-order valence-corrected chi connectivity index (χ3v) is 2.56. The predicted octanol–water partition coefficient (Wildman–Crippen LogP) is 0.435. The lowest BCUT2D eigenvalue weighted by atomic mass is 10.0. The molecule has 0 bridgehead atoms. The minimum atomic E-state index is 0.157. The van der Waals surface area contributed by atoms with Gasteiger partial charge in [-0.05, 0) is 0 Å². The molecule has 3 unspecified atom stereocenters. The summed E-state index contributed by atoms with van der Waals surface area (Å²) >= 11 is 0. The summed E-state index contributed by atoms with van der Waals surface area (Å²) in [7, 11) is 1.71. The van der Waals surface area contributed by atoms with Gasteiger partial charge in [0.1, 0.15) is 12.2 Å². The van der Waals surface area contributed by atoms with E-state index in [-0.39, 0.29) is 18.3 Å². The first-order chi connectivity index (χ1) is 5.33. The average molecular weight is 158 g/mol. The highest BCUT2D eigenvalue weighted by Gasteiger charge is 2.45. The van der Waals surface area contributed by atoms with Crippen molar-refractivity contribution >= 4 is 0 Å². The molecule has 0 aliphatic carbocycles. The van der Waals surface area contributed by atoms with E-state index in [1.54, 1.807) is 7.11 Å². The lowest BCUT2D eigenvalue weighted by Gasteiger charge is -2.13. The number of methoxy groups -OCH3 is 1. The number of rotatable bonds is 1. The fourth-order valence-electron chi connectivity index (χ4n) is 1.86. The van der Waals surface area contributed by atoms with E-state index in [9.17, 15) is 0 Å². The molecule has 0 spiro atoms. The first-order valence-electron chi connectivity index (χ1n) is 4.09. The second-order valence-corrected chi connectivity index (χ2v) is 3.35. The summed E-state index contributed by atoms with van der Waals surface area (Å²) in [6.45, 7) is 3.66. The fraction of sp³-hybridized carbons (Fsp3) is 1.00. The highest BCUT2D eigenvalue weighted by Crippen LogP contribution is 2.31.